The van der Waals surface area contributed by atoms with Gasteiger partial charge in [0.05, 0.1) is 0 Å². The minimum absolute atomic E-state index is 0.487. The van der Waals surface area contributed by atoms with Crippen molar-refractivity contribution in [3.8, 4) is 0 Å². The Bertz CT molecular complexity index is 494. The molecule has 1 aromatic rings. The molecule has 0 spiro atoms. The van der Waals surface area contributed by atoms with Crippen molar-refractivity contribution in [1.82, 2.24) is 5.32 Å². The van der Waals surface area contributed by atoms with Crippen LogP contribution in [0.1, 0.15) is 32.3 Å². The van der Waals surface area contributed by atoms with Crippen molar-refractivity contribution in [3.63, 3.8) is 0 Å². The van der Waals surface area contributed by atoms with Crippen molar-refractivity contribution < 1.29 is 19.1 Å². The van der Waals surface area contributed by atoms with Crippen LogP contribution in [0.15, 0.2) is 30.3 Å². The summed E-state index contributed by atoms with van der Waals surface area (Å²) < 4.78 is 10.7. The lowest BCUT2D eigenvalue weighted by atomic mass is 9.84. The lowest BCUT2D eigenvalue weighted by molar-refractivity contribution is -0.180. The molecule has 0 saturated carbocycles. The van der Waals surface area contributed by atoms with Crippen molar-refractivity contribution in [3.05, 3.63) is 35.9 Å². The molecule has 0 aromatic heterocycles. The number of nitrogens with one attached hydrogen (secondary N) is 1. The summed E-state index contributed by atoms with van der Waals surface area (Å²) in [6.07, 6.45) is 0.517. The van der Waals surface area contributed by atoms with Gasteiger partial charge in [-0.1, -0.05) is 30.3 Å². The molecule has 0 amide bonds. The van der Waals surface area contributed by atoms with E-state index in [4.69, 9.17) is 9.47 Å². The first-order chi connectivity index (χ1) is 10.0. The Morgan fingerprint density at radius 2 is 1.81 bits per heavy atom. The highest BCUT2D eigenvalue weighted by Crippen LogP contribution is 2.35. The Kier molecular flexibility index (Phi) is 4.96. The van der Waals surface area contributed by atoms with Crippen LogP contribution < -0.4 is 5.32 Å². The monoisotopic (exact) mass is 291 g/mol. The Morgan fingerprint density at radius 1 is 1.19 bits per heavy atom. The van der Waals surface area contributed by atoms with Crippen LogP contribution in [-0.4, -0.2) is 31.1 Å². The summed E-state index contributed by atoms with van der Waals surface area (Å²) in [5, 5.41) is 3.27. The van der Waals surface area contributed by atoms with Gasteiger partial charge in [-0.2, -0.15) is 0 Å². The summed E-state index contributed by atoms with van der Waals surface area (Å²) in [6.45, 7) is 4.37. The molecule has 0 aliphatic carbocycles. The lowest BCUT2D eigenvalue weighted by Crippen LogP contribution is -2.45. The van der Waals surface area contributed by atoms with E-state index >= 15 is 0 Å². The zero-order valence-electron chi connectivity index (χ0n) is 12.4. The van der Waals surface area contributed by atoms with Gasteiger partial charge in [-0.05, 0) is 25.6 Å². The van der Waals surface area contributed by atoms with Crippen LogP contribution >= 0.6 is 0 Å². The summed E-state index contributed by atoms with van der Waals surface area (Å²) in [7, 11) is 0. The second-order valence-corrected chi connectivity index (χ2v) is 5.28. The number of carbonyl (C=O) groups excluding carboxylic acids is 2. The van der Waals surface area contributed by atoms with Crippen molar-refractivity contribution in [2.75, 3.05) is 13.1 Å². The number of benzene rings is 1. The number of hydrogen-bond acceptors (Lipinski definition) is 5. The molecule has 1 aliphatic heterocycles. The molecule has 1 fully saturated rings. The van der Waals surface area contributed by atoms with Gasteiger partial charge in [0.25, 0.3) is 0 Å². The van der Waals surface area contributed by atoms with Gasteiger partial charge < -0.3 is 14.8 Å². The Labute approximate surface area is 124 Å². The van der Waals surface area contributed by atoms with Crippen LogP contribution in [0.25, 0.3) is 0 Å². The van der Waals surface area contributed by atoms with E-state index in [-0.39, 0.29) is 0 Å². The minimum Gasteiger partial charge on any atom is -0.451 e. The fourth-order valence-electron chi connectivity index (χ4n) is 2.59. The van der Waals surface area contributed by atoms with Crippen LogP contribution in [-0.2, 0) is 24.7 Å². The highest BCUT2D eigenvalue weighted by molar-refractivity contribution is 5.78. The molecule has 2 rings (SSSR count). The van der Waals surface area contributed by atoms with Crippen molar-refractivity contribution in [1.29, 1.82) is 0 Å². The van der Waals surface area contributed by atoms with E-state index in [1.54, 1.807) is 0 Å². The molecule has 5 heteroatoms. The molecule has 5 nitrogen and oxygen atoms in total. The van der Waals surface area contributed by atoms with Crippen LogP contribution in [0.3, 0.4) is 0 Å². The van der Waals surface area contributed by atoms with Crippen molar-refractivity contribution in [2.24, 2.45) is 0 Å². The normalized spacial score (nSPS) is 18.6. The molecule has 0 bridgehead atoms. The van der Waals surface area contributed by atoms with Gasteiger partial charge in [0.2, 0.25) is 0 Å². The van der Waals surface area contributed by atoms with Gasteiger partial charge in [0.15, 0.2) is 6.10 Å². The average molecular weight is 291 g/mol. The van der Waals surface area contributed by atoms with Gasteiger partial charge in [0, 0.05) is 19.8 Å². The molecule has 1 aromatic carbocycles. The summed E-state index contributed by atoms with van der Waals surface area (Å²) in [5.74, 6) is -0.991. The fraction of sp³-hybridized carbons (Fsp3) is 0.500. The summed E-state index contributed by atoms with van der Waals surface area (Å²) in [5.41, 5.74) is 0.340. The van der Waals surface area contributed by atoms with Gasteiger partial charge in [-0.15, -0.1) is 0 Å². The van der Waals surface area contributed by atoms with Crippen molar-refractivity contribution >= 4 is 11.9 Å². The third-order valence-corrected chi connectivity index (χ3v) is 3.68. The maximum Gasteiger partial charge on any atom is 0.348 e. The summed E-state index contributed by atoms with van der Waals surface area (Å²) in [4.78, 5) is 23.2. The van der Waals surface area contributed by atoms with Gasteiger partial charge in [-0.3, -0.25) is 4.79 Å². The van der Waals surface area contributed by atoms with E-state index in [0.29, 0.717) is 12.8 Å². The summed E-state index contributed by atoms with van der Waals surface area (Å²) in [6, 6.07) is 9.73. The molecule has 0 radical (unpaired) electrons. The molecular weight excluding hydrogens is 270 g/mol. The maximum atomic E-state index is 12.2. The standard InChI is InChI=1S/C16H21NO4/c1-12(20-13(2)18)15(19)21-16(8-10-17-11-9-16)14-6-4-3-5-7-14/h3-7,12,17H,8-11H2,1-2H3. The molecule has 1 aliphatic rings. The Balaban J connectivity index is 2.17. The highest BCUT2D eigenvalue weighted by Gasteiger charge is 2.39. The third-order valence-electron chi connectivity index (χ3n) is 3.68. The predicted molar refractivity (Wildman–Crippen MR) is 77.5 cm³/mol. The molecule has 1 atom stereocenters. The Morgan fingerprint density at radius 3 is 2.38 bits per heavy atom. The SMILES string of the molecule is CC(=O)OC(C)C(=O)OC1(c2ccccc2)CCNCC1. The van der Waals surface area contributed by atoms with E-state index in [1.807, 2.05) is 30.3 Å². The number of ether oxygens (including phenoxy) is 2. The number of hydrogen-bond donors (Lipinski definition) is 1. The second kappa shape index (κ2) is 6.72. The zero-order valence-corrected chi connectivity index (χ0v) is 12.4. The van der Waals surface area contributed by atoms with E-state index in [1.165, 1.54) is 13.8 Å². The molecule has 1 saturated heterocycles. The molecule has 114 valence electrons. The fourth-order valence-corrected chi connectivity index (χ4v) is 2.59. The molecule has 21 heavy (non-hydrogen) atoms. The van der Waals surface area contributed by atoms with E-state index < -0.39 is 23.6 Å². The Hall–Kier alpha value is -1.88. The smallest absolute Gasteiger partial charge is 0.348 e. The topological polar surface area (TPSA) is 64.6 Å². The quantitative estimate of drug-likeness (QED) is 0.856. The zero-order chi connectivity index (χ0) is 15.3. The van der Waals surface area contributed by atoms with Crippen LogP contribution in [0, 0.1) is 0 Å². The van der Waals surface area contributed by atoms with Crippen LogP contribution in [0.5, 0.6) is 0 Å². The first kappa shape index (κ1) is 15.5. The molecule has 1 unspecified atom stereocenters. The van der Waals surface area contributed by atoms with Crippen LogP contribution in [0.2, 0.25) is 0 Å². The molecule has 1 N–H and O–H groups in total. The average Bonchev–Trinajstić information content (AvgIpc) is 2.48. The summed E-state index contributed by atoms with van der Waals surface area (Å²) >= 11 is 0. The minimum atomic E-state index is -0.891. The first-order valence-electron chi connectivity index (χ1n) is 7.20. The van der Waals surface area contributed by atoms with Gasteiger partial charge in [-0.25, -0.2) is 4.79 Å². The largest absolute Gasteiger partial charge is 0.451 e. The van der Waals surface area contributed by atoms with Crippen molar-refractivity contribution in [2.45, 2.75) is 38.4 Å². The number of esters is 2. The predicted octanol–water partition coefficient (Wildman–Crippen LogP) is 1.76. The van der Waals surface area contributed by atoms with E-state index in [9.17, 15) is 9.59 Å². The highest BCUT2D eigenvalue weighted by atomic mass is 16.6. The third kappa shape index (κ3) is 3.82. The van der Waals surface area contributed by atoms with Crippen LogP contribution in [0.4, 0.5) is 0 Å². The number of carbonyl (C=O) groups is 2. The molecule has 1 heterocycles. The lowest BCUT2D eigenvalue weighted by Gasteiger charge is -2.38. The van der Waals surface area contributed by atoms with Gasteiger partial charge >= 0.3 is 11.9 Å². The van der Waals surface area contributed by atoms with E-state index in [2.05, 4.69) is 5.32 Å². The molecular formula is C16H21NO4. The number of rotatable bonds is 4. The first-order valence-corrected chi connectivity index (χ1v) is 7.20. The maximum absolute atomic E-state index is 12.2. The van der Waals surface area contributed by atoms with E-state index in [0.717, 1.165) is 18.7 Å². The number of piperidine rings is 1. The van der Waals surface area contributed by atoms with Gasteiger partial charge in [0.1, 0.15) is 5.60 Å². The second-order valence-electron chi connectivity index (χ2n) is 5.28.